The summed E-state index contributed by atoms with van der Waals surface area (Å²) in [4.78, 5) is 34.3. The van der Waals surface area contributed by atoms with E-state index in [4.69, 9.17) is 0 Å². The second-order valence-electron chi connectivity index (χ2n) is 5.50. The largest absolute Gasteiger partial charge is 0.464 e. The number of hydrogen-bond donors (Lipinski definition) is 1. The monoisotopic (exact) mass is 350 g/mol. The van der Waals surface area contributed by atoms with E-state index in [0.717, 1.165) is 0 Å². The Kier molecular flexibility index (Phi) is 5.15. The van der Waals surface area contributed by atoms with Crippen LogP contribution < -0.4 is 5.32 Å². The van der Waals surface area contributed by atoms with E-state index in [0.29, 0.717) is 5.69 Å². The van der Waals surface area contributed by atoms with Crippen LogP contribution >= 0.6 is 0 Å². The van der Waals surface area contributed by atoms with Gasteiger partial charge in [-0.05, 0) is 11.8 Å². The van der Waals surface area contributed by atoms with Gasteiger partial charge in [-0.1, -0.05) is 6.92 Å². The lowest BCUT2D eigenvalue weighted by Crippen LogP contribution is -2.26. The summed E-state index contributed by atoms with van der Waals surface area (Å²) < 4.78 is 7.36. The fourth-order valence-electron chi connectivity index (χ4n) is 2.23. The number of nitro groups is 1. The van der Waals surface area contributed by atoms with Crippen molar-refractivity contribution in [2.75, 3.05) is 12.4 Å². The lowest BCUT2D eigenvalue weighted by molar-refractivity contribution is -0.389. The first-order valence-corrected chi connectivity index (χ1v) is 7.34. The third-order valence-electron chi connectivity index (χ3n) is 3.63. The molecule has 1 N–H and O–H groups in total. The highest BCUT2D eigenvalue weighted by atomic mass is 16.6. The molecule has 0 radical (unpaired) electrons. The summed E-state index contributed by atoms with van der Waals surface area (Å²) in [5.41, 5.74) is 0.923. The fraction of sp³-hybridized carbons (Fsp3) is 0.429. The number of anilines is 1. The molecule has 0 saturated heterocycles. The Labute approximate surface area is 142 Å². The number of esters is 1. The predicted molar refractivity (Wildman–Crippen MR) is 86.0 cm³/mol. The van der Waals surface area contributed by atoms with Crippen molar-refractivity contribution in [3.8, 4) is 0 Å². The normalized spacial score (nSPS) is 11.8. The molecule has 1 amide bonds. The number of nitrogens with one attached hydrogen (secondary N) is 1. The van der Waals surface area contributed by atoms with Gasteiger partial charge in [-0.2, -0.15) is 9.78 Å². The molecule has 2 aromatic rings. The molecule has 0 saturated carbocycles. The van der Waals surface area contributed by atoms with Crippen LogP contribution in [0.5, 0.6) is 0 Å². The van der Waals surface area contributed by atoms with Crippen molar-refractivity contribution in [2.24, 2.45) is 13.0 Å². The van der Waals surface area contributed by atoms with Crippen LogP contribution in [0, 0.1) is 23.0 Å². The number of nitrogens with zero attached hydrogens (tertiary/aromatic N) is 5. The number of aryl methyl sites for hydroxylation is 2. The maximum Gasteiger partial charge on any atom is 0.390 e. The number of carbonyl (C=O) groups is 2. The maximum atomic E-state index is 12.4. The predicted octanol–water partition coefficient (Wildman–Crippen LogP) is 0.895. The zero-order valence-corrected chi connectivity index (χ0v) is 14.2. The molecular weight excluding hydrogens is 332 g/mol. The van der Waals surface area contributed by atoms with Crippen molar-refractivity contribution in [3.63, 3.8) is 0 Å². The minimum Gasteiger partial charge on any atom is -0.464 e. The summed E-state index contributed by atoms with van der Waals surface area (Å²) in [5.74, 6) is -1.83. The summed E-state index contributed by atoms with van der Waals surface area (Å²) in [5, 5.41) is 21.2. The zero-order chi connectivity index (χ0) is 18.7. The van der Waals surface area contributed by atoms with Crippen molar-refractivity contribution in [3.05, 3.63) is 33.8 Å². The number of carbonyl (C=O) groups excluding carboxylic acids is 2. The minimum atomic E-state index is -0.624. The lowest BCUT2D eigenvalue weighted by Gasteiger charge is -2.11. The van der Waals surface area contributed by atoms with Crippen LogP contribution in [0.1, 0.15) is 23.1 Å². The van der Waals surface area contributed by atoms with Crippen molar-refractivity contribution in [1.82, 2.24) is 19.6 Å². The standard InChI is InChI=1S/C14H18N6O5/c1-8(7-19-9(2)5-11(17-19)20(23)24)13(21)16-10-6-15-18(3)12(10)14(22)25-4/h5-6,8H,7H2,1-4H3,(H,16,21). The van der Waals surface area contributed by atoms with E-state index in [2.05, 4.69) is 20.3 Å². The molecule has 0 aliphatic carbocycles. The van der Waals surface area contributed by atoms with Gasteiger partial charge in [-0.15, -0.1) is 0 Å². The SMILES string of the molecule is COC(=O)c1c(NC(=O)C(C)Cn2nc([N+](=O)[O-])cc2C)cnn1C. The molecule has 0 fully saturated rings. The molecule has 134 valence electrons. The molecule has 1 atom stereocenters. The molecule has 11 heteroatoms. The van der Waals surface area contributed by atoms with Gasteiger partial charge in [0.25, 0.3) is 0 Å². The Morgan fingerprint density at radius 1 is 1.48 bits per heavy atom. The van der Waals surface area contributed by atoms with Gasteiger partial charge >= 0.3 is 11.8 Å². The van der Waals surface area contributed by atoms with E-state index >= 15 is 0 Å². The number of methoxy groups -OCH3 is 1. The Hall–Kier alpha value is -3.24. The first-order valence-electron chi connectivity index (χ1n) is 7.34. The number of hydrogen-bond acceptors (Lipinski definition) is 7. The highest BCUT2D eigenvalue weighted by molar-refractivity contribution is 6.00. The van der Waals surface area contributed by atoms with E-state index in [1.165, 1.54) is 28.7 Å². The van der Waals surface area contributed by atoms with Gasteiger partial charge in [0, 0.05) is 7.05 Å². The molecule has 2 rings (SSSR count). The van der Waals surface area contributed by atoms with Crippen LogP contribution in [0.3, 0.4) is 0 Å². The fourth-order valence-corrected chi connectivity index (χ4v) is 2.23. The maximum absolute atomic E-state index is 12.4. The van der Waals surface area contributed by atoms with Crippen LogP contribution in [0.15, 0.2) is 12.3 Å². The summed E-state index contributed by atoms with van der Waals surface area (Å²) in [7, 11) is 2.79. The highest BCUT2D eigenvalue weighted by Crippen LogP contribution is 2.18. The third kappa shape index (κ3) is 3.82. The van der Waals surface area contributed by atoms with E-state index in [1.54, 1.807) is 20.9 Å². The summed E-state index contributed by atoms with van der Waals surface area (Å²) in [6.07, 6.45) is 1.35. The molecule has 2 aromatic heterocycles. The first kappa shape index (κ1) is 18.1. The van der Waals surface area contributed by atoms with E-state index in [-0.39, 0.29) is 29.7 Å². The van der Waals surface area contributed by atoms with Crippen LogP contribution in [-0.4, -0.2) is 43.5 Å². The summed E-state index contributed by atoms with van der Waals surface area (Å²) >= 11 is 0. The Balaban J connectivity index is 2.11. The van der Waals surface area contributed by atoms with Crippen molar-refractivity contribution in [1.29, 1.82) is 0 Å². The van der Waals surface area contributed by atoms with E-state index in [1.807, 2.05) is 0 Å². The quantitative estimate of drug-likeness (QED) is 0.464. The lowest BCUT2D eigenvalue weighted by atomic mass is 10.1. The van der Waals surface area contributed by atoms with Crippen LogP contribution in [-0.2, 0) is 23.1 Å². The van der Waals surface area contributed by atoms with Crippen molar-refractivity contribution < 1.29 is 19.2 Å². The number of rotatable bonds is 6. The topological polar surface area (TPSA) is 134 Å². The van der Waals surface area contributed by atoms with Gasteiger partial charge < -0.3 is 20.2 Å². The highest BCUT2D eigenvalue weighted by Gasteiger charge is 2.24. The van der Waals surface area contributed by atoms with Crippen LogP contribution in [0.4, 0.5) is 11.5 Å². The van der Waals surface area contributed by atoms with Gasteiger partial charge in [0.15, 0.2) is 5.69 Å². The Morgan fingerprint density at radius 2 is 2.16 bits per heavy atom. The smallest absolute Gasteiger partial charge is 0.390 e. The molecule has 1 unspecified atom stereocenters. The van der Waals surface area contributed by atoms with Gasteiger partial charge in [-0.25, -0.2) is 4.79 Å². The third-order valence-corrected chi connectivity index (χ3v) is 3.63. The number of amides is 1. The van der Waals surface area contributed by atoms with Gasteiger partial charge in [-0.3, -0.25) is 9.48 Å². The number of ether oxygens (including phenoxy) is 1. The molecule has 0 spiro atoms. The van der Waals surface area contributed by atoms with Crippen LogP contribution in [0.25, 0.3) is 0 Å². The van der Waals surface area contributed by atoms with Crippen molar-refractivity contribution >= 4 is 23.4 Å². The molecule has 0 aliphatic heterocycles. The van der Waals surface area contributed by atoms with Gasteiger partial charge in [0.1, 0.15) is 0 Å². The summed E-state index contributed by atoms with van der Waals surface area (Å²) in [6, 6.07) is 1.33. The van der Waals surface area contributed by atoms with E-state index in [9.17, 15) is 19.7 Å². The zero-order valence-electron chi connectivity index (χ0n) is 14.2. The molecule has 0 bridgehead atoms. The van der Waals surface area contributed by atoms with E-state index < -0.39 is 16.8 Å². The van der Waals surface area contributed by atoms with Crippen LogP contribution in [0.2, 0.25) is 0 Å². The second kappa shape index (κ2) is 7.11. The number of aromatic nitrogens is 4. The molecule has 11 nitrogen and oxygen atoms in total. The van der Waals surface area contributed by atoms with Crippen molar-refractivity contribution in [2.45, 2.75) is 20.4 Å². The summed E-state index contributed by atoms with van der Waals surface area (Å²) in [6.45, 7) is 3.47. The first-order chi connectivity index (χ1) is 11.7. The van der Waals surface area contributed by atoms with Gasteiger partial charge in [0.2, 0.25) is 5.91 Å². The molecule has 25 heavy (non-hydrogen) atoms. The Morgan fingerprint density at radius 3 is 2.72 bits per heavy atom. The average molecular weight is 350 g/mol. The minimum absolute atomic E-state index is 0.119. The Bertz CT molecular complexity index is 824. The molecular formula is C14H18N6O5. The molecule has 0 aromatic carbocycles. The second-order valence-corrected chi connectivity index (χ2v) is 5.50. The average Bonchev–Trinajstić information content (AvgIpc) is 3.10. The molecule has 0 aliphatic rings. The van der Waals surface area contributed by atoms with Gasteiger partial charge in [0.05, 0.1) is 48.3 Å². The molecule has 2 heterocycles.